The van der Waals surface area contributed by atoms with Crippen molar-refractivity contribution in [1.29, 1.82) is 5.26 Å². The Hall–Kier alpha value is -2.65. The summed E-state index contributed by atoms with van der Waals surface area (Å²) in [5, 5.41) is 9.65. The van der Waals surface area contributed by atoms with Gasteiger partial charge in [-0.15, -0.1) is 11.3 Å². The van der Waals surface area contributed by atoms with Crippen LogP contribution >= 0.6 is 22.9 Å². The average Bonchev–Trinajstić information content (AvgIpc) is 3.15. The van der Waals surface area contributed by atoms with Crippen molar-refractivity contribution < 1.29 is 4.79 Å². The van der Waals surface area contributed by atoms with E-state index in [1.54, 1.807) is 0 Å². The summed E-state index contributed by atoms with van der Waals surface area (Å²) in [5.74, 6) is 0.112. The van der Waals surface area contributed by atoms with Crippen LogP contribution in [0.15, 0.2) is 60.7 Å². The standard InChI is InChI=1S/C24H22ClN3OS/c25-21-8-6-20(7-9-21)22-10-11-23(30-22)24(29)28-13-1-12-27(14-15-28)17-19-4-2-18(16-26)3-5-19/h2-11H,1,12-15,17H2. The number of nitrogens with zero attached hydrogens (tertiary/aromatic N) is 3. The predicted octanol–water partition coefficient (Wildman–Crippen LogP) is 5.29. The van der Waals surface area contributed by atoms with Crippen LogP contribution < -0.4 is 0 Å². The Kier molecular flexibility index (Phi) is 6.49. The number of nitriles is 1. The summed E-state index contributed by atoms with van der Waals surface area (Å²) >= 11 is 7.51. The van der Waals surface area contributed by atoms with Gasteiger partial charge in [0.2, 0.25) is 0 Å². The summed E-state index contributed by atoms with van der Waals surface area (Å²) in [6.45, 7) is 4.15. The molecule has 0 unspecified atom stereocenters. The summed E-state index contributed by atoms with van der Waals surface area (Å²) in [4.78, 5) is 19.3. The van der Waals surface area contributed by atoms with Crippen molar-refractivity contribution in [2.45, 2.75) is 13.0 Å². The Labute approximate surface area is 185 Å². The number of carbonyl (C=O) groups is 1. The van der Waals surface area contributed by atoms with E-state index < -0.39 is 0 Å². The quantitative estimate of drug-likeness (QED) is 0.559. The number of halogens is 1. The van der Waals surface area contributed by atoms with Crippen molar-refractivity contribution >= 4 is 28.8 Å². The number of thiophene rings is 1. The number of carbonyl (C=O) groups excluding carboxylic acids is 1. The highest BCUT2D eigenvalue weighted by Crippen LogP contribution is 2.30. The molecule has 1 saturated heterocycles. The highest BCUT2D eigenvalue weighted by Gasteiger charge is 2.22. The molecule has 0 aliphatic carbocycles. The molecule has 0 saturated carbocycles. The Morgan fingerprint density at radius 2 is 1.73 bits per heavy atom. The summed E-state index contributed by atoms with van der Waals surface area (Å²) in [6.07, 6.45) is 0.956. The van der Waals surface area contributed by atoms with E-state index in [4.69, 9.17) is 16.9 Å². The minimum Gasteiger partial charge on any atom is -0.337 e. The molecule has 2 aromatic carbocycles. The van der Waals surface area contributed by atoms with E-state index in [-0.39, 0.29) is 5.91 Å². The maximum absolute atomic E-state index is 13.1. The van der Waals surface area contributed by atoms with E-state index in [0.29, 0.717) is 10.6 Å². The van der Waals surface area contributed by atoms with E-state index in [0.717, 1.165) is 54.5 Å². The average molecular weight is 436 g/mol. The summed E-state index contributed by atoms with van der Waals surface area (Å²) < 4.78 is 0. The lowest BCUT2D eigenvalue weighted by Gasteiger charge is -2.21. The van der Waals surface area contributed by atoms with Gasteiger partial charge in [0.25, 0.3) is 5.91 Å². The monoisotopic (exact) mass is 435 g/mol. The fraction of sp³-hybridized carbons (Fsp3) is 0.250. The van der Waals surface area contributed by atoms with Crippen LogP contribution in [-0.2, 0) is 6.54 Å². The number of rotatable bonds is 4. The molecule has 3 aromatic rings. The lowest BCUT2D eigenvalue weighted by molar-refractivity contribution is 0.0766. The molecule has 1 aliphatic heterocycles. The Bertz CT molecular complexity index is 1050. The first-order valence-electron chi connectivity index (χ1n) is 9.99. The fourth-order valence-corrected chi connectivity index (χ4v) is 4.76. The van der Waals surface area contributed by atoms with Crippen molar-refractivity contribution in [2.24, 2.45) is 0 Å². The first-order chi connectivity index (χ1) is 14.6. The molecule has 0 N–H and O–H groups in total. The molecule has 0 atom stereocenters. The molecule has 4 nitrogen and oxygen atoms in total. The van der Waals surface area contributed by atoms with Crippen molar-refractivity contribution in [3.05, 3.63) is 81.7 Å². The number of amides is 1. The van der Waals surface area contributed by atoms with Crippen molar-refractivity contribution in [1.82, 2.24) is 9.80 Å². The molecule has 2 heterocycles. The van der Waals surface area contributed by atoms with Gasteiger partial charge >= 0.3 is 0 Å². The van der Waals surface area contributed by atoms with Crippen LogP contribution in [0.3, 0.4) is 0 Å². The van der Waals surface area contributed by atoms with Crippen LogP contribution in [0.25, 0.3) is 10.4 Å². The molecule has 6 heteroatoms. The van der Waals surface area contributed by atoms with Crippen LogP contribution in [0, 0.1) is 11.3 Å². The lowest BCUT2D eigenvalue weighted by atomic mass is 10.1. The Morgan fingerprint density at radius 3 is 2.47 bits per heavy atom. The second-order valence-corrected chi connectivity index (χ2v) is 8.92. The SMILES string of the molecule is N#Cc1ccc(CN2CCCN(C(=O)c3ccc(-c4ccc(Cl)cc4)s3)CC2)cc1. The molecule has 1 aromatic heterocycles. The second-order valence-electron chi connectivity index (χ2n) is 7.40. The molecule has 1 fully saturated rings. The van der Waals surface area contributed by atoms with Gasteiger partial charge in [0.05, 0.1) is 16.5 Å². The third kappa shape index (κ3) is 4.91. The molecule has 1 amide bonds. The first-order valence-corrected chi connectivity index (χ1v) is 11.2. The van der Waals surface area contributed by atoms with Crippen molar-refractivity contribution in [3.8, 4) is 16.5 Å². The maximum Gasteiger partial charge on any atom is 0.263 e. The zero-order chi connectivity index (χ0) is 20.9. The van der Waals surface area contributed by atoms with E-state index in [2.05, 4.69) is 11.0 Å². The minimum absolute atomic E-state index is 0.112. The van der Waals surface area contributed by atoms with Crippen molar-refractivity contribution in [2.75, 3.05) is 26.2 Å². The van der Waals surface area contributed by atoms with Gasteiger partial charge in [-0.1, -0.05) is 35.9 Å². The fourth-order valence-electron chi connectivity index (χ4n) is 3.65. The van der Waals surface area contributed by atoms with Gasteiger partial charge in [-0.05, 0) is 53.9 Å². The number of hydrogen-bond acceptors (Lipinski definition) is 4. The largest absolute Gasteiger partial charge is 0.337 e. The molecular formula is C24H22ClN3OS. The minimum atomic E-state index is 0.112. The van der Waals surface area contributed by atoms with E-state index >= 15 is 0 Å². The molecule has 0 radical (unpaired) electrons. The van der Waals surface area contributed by atoms with Gasteiger partial charge in [0.15, 0.2) is 0 Å². The van der Waals surface area contributed by atoms with Gasteiger partial charge < -0.3 is 4.90 Å². The molecule has 0 spiro atoms. The Balaban J connectivity index is 1.37. The van der Waals surface area contributed by atoms with Crippen LogP contribution in [0.4, 0.5) is 0 Å². The first kappa shape index (κ1) is 20.6. The highest BCUT2D eigenvalue weighted by atomic mass is 35.5. The smallest absolute Gasteiger partial charge is 0.263 e. The summed E-state index contributed by atoms with van der Waals surface area (Å²) in [7, 11) is 0. The van der Waals surface area contributed by atoms with Gasteiger partial charge in [-0.2, -0.15) is 5.26 Å². The third-order valence-corrected chi connectivity index (χ3v) is 6.68. The molecule has 4 rings (SSSR count). The number of hydrogen-bond donors (Lipinski definition) is 0. The number of benzene rings is 2. The van der Waals surface area contributed by atoms with Gasteiger partial charge in [0.1, 0.15) is 0 Å². The highest BCUT2D eigenvalue weighted by molar-refractivity contribution is 7.17. The van der Waals surface area contributed by atoms with E-state index in [1.165, 1.54) is 16.9 Å². The lowest BCUT2D eigenvalue weighted by Crippen LogP contribution is -2.34. The molecule has 152 valence electrons. The molecular weight excluding hydrogens is 414 g/mol. The normalized spacial score (nSPS) is 14.9. The predicted molar refractivity (Wildman–Crippen MR) is 122 cm³/mol. The van der Waals surface area contributed by atoms with Crippen LogP contribution in [0.2, 0.25) is 5.02 Å². The summed E-state index contributed by atoms with van der Waals surface area (Å²) in [5.41, 5.74) is 2.95. The summed E-state index contributed by atoms with van der Waals surface area (Å²) in [6, 6.07) is 21.5. The van der Waals surface area contributed by atoms with Crippen LogP contribution in [0.1, 0.15) is 27.2 Å². The zero-order valence-electron chi connectivity index (χ0n) is 16.6. The van der Waals surface area contributed by atoms with Crippen LogP contribution in [-0.4, -0.2) is 41.9 Å². The third-order valence-electron chi connectivity index (χ3n) is 5.31. The Morgan fingerprint density at radius 1 is 0.967 bits per heavy atom. The maximum atomic E-state index is 13.1. The van der Waals surface area contributed by atoms with Crippen molar-refractivity contribution in [3.63, 3.8) is 0 Å². The van der Waals surface area contributed by atoms with Crippen LogP contribution in [0.5, 0.6) is 0 Å². The molecule has 0 bridgehead atoms. The second kappa shape index (κ2) is 9.44. The molecule has 1 aliphatic rings. The van der Waals surface area contributed by atoms with E-state index in [1.807, 2.05) is 65.6 Å². The van der Waals surface area contributed by atoms with Gasteiger partial charge in [0, 0.05) is 42.6 Å². The zero-order valence-corrected chi connectivity index (χ0v) is 18.1. The molecule has 30 heavy (non-hydrogen) atoms. The van der Waals surface area contributed by atoms with Gasteiger partial charge in [-0.3, -0.25) is 9.69 Å². The van der Waals surface area contributed by atoms with Gasteiger partial charge in [-0.25, -0.2) is 0 Å². The topological polar surface area (TPSA) is 47.3 Å². The van der Waals surface area contributed by atoms with E-state index in [9.17, 15) is 4.79 Å².